The number of rotatable bonds is 4. The van der Waals surface area contributed by atoms with Crippen LogP contribution in [-0.2, 0) is 4.74 Å². The second kappa shape index (κ2) is 7.40. The highest BCUT2D eigenvalue weighted by molar-refractivity contribution is 5.70. The van der Waals surface area contributed by atoms with E-state index < -0.39 is 0 Å². The van der Waals surface area contributed by atoms with Gasteiger partial charge in [0.1, 0.15) is 0 Å². The van der Waals surface area contributed by atoms with E-state index in [0.29, 0.717) is 17.8 Å². The van der Waals surface area contributed by atoms with E-state index in [-0.39, 0.29) is 0 Å². The molecule has 1 fully saturated rings. The first kappa shape index (κ1) is 16.9. The number of hydrogen-bond acceptors (Lipinski definition) is 5. The van der Waals surface area contributed by atoms with Gasteiger partial charge in [0.15, 0.2) is 0 Å². The number of nitrogens with zero attached hydrogens (tertiary/aromatic N) is 3. The van der Waals surface area contributed by atoms with Crippen LogP contribution in [0.2, 0.25) is 0 Å². The summed E-state index contributed by atoms with van der Waals surface area (Å²) in [6, 6.07) is 17.5. The lowest BCUT2D eigenvalue weighted by Crippen LogP contribution is -2.37. The summed E-state index contributed by atoms with van der Waals surface area (Å²) in [5.74, 6) is 1.20. The van der Waals surface area contributed by atoms with E-state index in [2.05, 4.69) is 58.4 Å². The van der Waals surface area contributed by atoms with Gasteiger partial charge in [0.25, 0.3) is 0 Å². The summed E-state index contributed by atoms with van der Waals surface area (Å²) in [6.07, 6.45) is 0. The standard InChI is InChI=1S/C21H23N3O2/c1-15(24-10-12-25-13-11-24)17-6-8-18(9-7-17)19-4-3-5-20(14-19)21-22-16(2)26-23-21/h3-9,14-15H,10-13H2,1-2H3. The van der Waals surface area contributed by atoms with E-state index in [4.69, 9.17) is 9.26 Å². The van der Waals surface area contributed by atoms with Gasteiger partial charge in [-0.25, -0.2) is 0 Å². The third-order valence-corrected chi connectivity index (χ3v) is 4.97. The van der Waals surface area contributed by atoms with Gasteiger partial charge in [-0.1, -0.05) is 47.6 Å². The van der Waals surface area contributed by atoms with Gasteiger partial charge in [0.2, 0.25) is 11.7 Å². The maximum Gasteiger partial charge on any atom is 0.223 e. The van der Waals surface area contributed by atoms with Gasteiger partial charge >= 0.3 is 0 Å². The first-order valence-corrected chi connectivity index (χ1v) is 9.03. The molecule has 5 heteroatoms. The molecule has 3 aromatic rings. The Bertz CT molecular complexity index is 867. The van der Waals surface area contributed by atoms with Crippen molar-refractivity contribution in [3.8, 4) is 22.5 Å². The van der Waals surface area contributed by atoms with Crippen LogP contribution in [0.3, 0.4) is 0 Å². The van der Waals surface area contributed by atoms with Crippen LogP contribution in [0, 0.1) is 6.92 Å². The maximum atomic E-state index is 5.45. The van der Waals surface area contributed by atoms with Crippen LogP contribution < -0.4 is 0 Å². The van der Waals surface area contributed by atoms with E-state index in [1.165, 1.54) is 11.1 Å². The number of aromatic nitrogens is 2. The molecule has 26 heavy (non-hydrogen) atoms. The van der Waals surface area contributed by atoms with Gasteiger partial charge in [-0.3, -0.25) is 4.90 Å². The number of aryl methyl sites for hydroxylation is 1. The van der Waals surface area contributed by atoms with Crippen LogP contribution >= 0.6 is 0 Å². The van der Waals surface area contributed by atoms with Crippen LogP contribution in [0.25, 0.3) is 22.5 Å². The third-order valence-electron chi connectivity index (χ3n) is 4.97. The molecule has 1 aliphatic rings. The van der Waals surface area contributed by atoms with Crippen molar-refractivity contribution >= 4 is 0 Å². The molecule has 2 aromatic carbocycles. The molecule has 5 nitrogen and oxygen atoms in total. The molecule has 1 aromatic heterocycles. The molecule has 0 spiro atoms. The Balaban J connectivity index is 1.55. The SMILES string of the molecule is Cc1nc(-c2cccc(-c3ccc(C(C)N4CCOCC4)cc3)c2)no1. The predicted molar refractivity (Wildman–Crippen MR) is 101 cm³/mol. The molecule has 1 aliphatic heterocycles. The van der Waals surface area contributed by atoms with Crippen LogP contribution in [-0.4, -0.2) is 41.3 Å². The molecule has 0 bridgehead atoms. The highest BCUT2D eigenvalue weighted by Gasteiger charge is 2.18. The van der Waals surface area contributed by atoms with Gasteiger partial charge in [0.05, 0.1) is 13.2 Å². The minimum absolute atomic E-state index is 0.404. The fraction of sp³-hybridized carbons (Fsp3) is 0.333. The quantitative estimate of drug-likeness (QED) is 0.710. The Morgan fingerprint density at radius 3 is 2.38 bits per heavy atom. The predicted octanol–water partition coefficient (Wildman–Crippen LogP) is 4.11. The summed E-state index contributed by atoms with van der Waals surface area (Å²) in [7, 11) is 0. The third kappa shape index (κ3) is 3.54. The molecule has 1 saturated heterocycles. The van der Waals surface area contributed by atoms with Crippen LogP contribution in [0.4, 0.5) is 0 Å². The molecule has 1 atom stereocenters. The molecule has 134 valence electrons. The second-order valence-electron chi connectivity index (χ2n) is 6.66. The van der Waals surface area contributed by atoms with Crippen molar-refractivity contribution in [3.63, 3.8) is 0 Å². The van der Waals surface area contributed by atoms with Gasteiger partial charge in [-0.2, -0.15) is 4.98 Å². The van der Waals surface area contributed by atoms with Gasteiger partial charge in [0, 0.05) is 31.6 Å². The molecule has 4 rings (SSSR count). The molecular weight excluding hydrogens is 326 g/mol. The van der Waals surface area contributed by atoms with Crippen molar-refractivity contribution in [1.29, 1.82) is 0 Å². The van der Waals surface area contributed by atoms with Gasteiger partial charge < -0.3 is 9.26 Å². The number of ether oxygens (including phenoxy) is 1. The second-order valence-corrected chi connectivity index (χ2v) is 6.66. The first-order chi connectivity index (χ1) is 12.7. The van der Waals surface area contributed by atoms with E-state index in [1.807, 2.05) is 12.1 Å². The highest BCUT2D eigenvalue weighted by Crippen LogP contribution is 2.27. The summed E-state index contributed by atoms with van der Waals surface area (Å²) in [5, 5.41) is 4.01. The lowest BCUT2D eigenvalue weighted by molar-refractivity contribution is 0.0198. The van der Waals surface area contributed by atoms with Crippen molar-refractivity contribution in [2.75, 3.05) is 26.3 Å². The lowest BCUT2D eigenvalue weighted by Gasteiger charge is -2.32. The summed E-state index contributed by atoms with van der Waals surface area (Å²) >= 11 is 0. The molecule has 0 aliphatic carbocycles. The average molecular weight is 349 g/mol. The molecule has 2 heterocycles. The molecule has 0 amide bonds. The van der Waals surface area contributed by atoms with E-state index in [1.54, 1.807) is 6.92 Å². The summed E-state index contributed by atoms with van der Waals surface area (Å²) in [5.41, 5.74) is 4.63. The van der Waals surface area contributed by atoms with Crippen molar-refractivity contribution in [3.05, 3.63) is 60.0 Å². The van der Waals surface area contributed by atoms with Crippen LogP contribution in [0.15, 0.2) is 53.1 Å². The van der Waals surface area contributed by atoms with Crippen molar-refractivity contribution in [1.82, 2.24) is 15.0 Å². The lowest BCUT2D eigenvalue weighted by atomic mass is 9.99. The Labute approximate surface area is 153 Å². The molecule has 0 saturated carbocycles. The Morgan fingerprint density at radius 1 is 0.962 bits per heavy atom. The maximum absolute atomic E-state index is 5.45. The molecule has 1 unspecified atom stereocenters. The van der Waals surface area contributed by atoms with E-state index >= 15 is 0 Å². The monoisotopic (exact) mass is 349 g/mol. The molecular formula is C21H23N3O2. The summed E-state index contributed by atoms with van der Waals surface area (Å²) in [6.45, 7) is 7.70. The Kier molecular flexibility index (Phi) is 4.82. The first-order valence-electron chi connectivity index (χ1n) is 9.03. The molecule has 0 N–H and O–H groups in total. The van der Waals surface area contributed by atoms with E-state index in [9.17, 15) is 0 Å². The van der Waals surface area contributed by atoms with Crippen molar-refractivity contribution in [2.45, 2.75) is 19.9 Å². The van der Waals surface area contributed by atoms with Gasteiger partial charge in [-0.15, -0.1) is 0 Å². The minimum atomic E-state index is 0.404. The minimum Gasteiger partial charge on any atom is -0.379 e. The molecule has 0 radical (unpaired) electrons. The van der Waals surface area contributed by atoms with Crippen LogP contribution in [0.1, 0.15) is 24.4 Å². The highest BCUT2D eigenvalue weighted by atomic mass is 16.5. The van der Waals surface area contributed by atoms with Crippen molar-refractivity contribution < 1.29 is 9.26 Å². The van der Waals surface area contributed by atoms with E-state index in [0.717, 1.165) is 37.4 Å². The number of morpholine rings is 1. The fourth-order valence-electron chi connectivity index (χ4n) is 3.38. The van der Waals surface area contributed by atoms with Crippen LogP contribution in [0.5, 0.6) is 0 Å². The summed E-state index contributed by atoms with van der Waals surface area (Å²) < 4.78 is 10.5. The Morgan fingerprint density at radius 2 is 1.69 bits per heavy atom. The topological polar surface area (TPSA) is 51.4 Å². The zero-order chi connectivity index (χ0) is 17.9. The average Bonchev–Trinajstić information content (AvgIpc) is 3.15. The fourth-order valence-corrected chi connectivity index (χ4v) is 3.38. The van der Waals surface area contributed by atoms with Crippen molar-refractivity contribution in [2.24, 2.45) is 0 Å². The Hall–Kier alpha value is -2.50. The zero-order valence-electron chi connectivity index (χ0n) is 15.2. The van der Waals surface area contributed by atoms with Gasteiger partial charge in [-0.05, 0) is 29.7 Å². The number of hydrogen-bond donors (Lipinski definition) is 0. The normalized spacial score (nSPS) is 16.5. The zero-order valence-corrected chi connectivity index (χ0v) is 15.2. The largest absolute Gasteiger partial charge is 0.379 e. The number of benzene rings is 2. The smallest absolute Gasteiger partial charge is 0.223 e. The summed E-state index contributed by atoms with van der Waals surface area (Å²) in [4.78, 5) is 6.78.